The molecule has 0 saturated carbocycles. The van der Waals surface area contributed by atoms with Gasteiger partial charge in [-0.2, -0.15) is 0 Å². The van der Waals surface area contributed by atoms with E-state index in [1.165, 1.54) is 0 Å². The lowest BCUT2D eigenvalue weighted by Crippen LogP contribution is -2.34. The number of allylic oxidation sites excluding steroid dienone is 3. The van der Waals surface area contributed by atoms with Gasteiger partial charge < -0.3 is 10.6 Å². The van der Waals surface area contributed by atoms with Crippen molar-refractivity contribution in [2.75, 3.05) is 6.54 Å². The zero-order chi connectivity index (χ0) is 11.4. The molecule has 3 heteroatoms. The Labute approximate surface area is 90.9 Å². The fraction of sp³-hybridized carbons (Fsp3) is 0.417. The smallest absolute Gasteiger partial charge is 0.256 e. The number of hydrogen-bond acceptors (Lipinski definition) is 2. The van der Waals surface area contributed by atoms with E-state index in [1.807, 2.05) is 39.0 Å². The first-order chi connectivity index (χ1) is 7.07. The maximum absolute atomic E-state index is 11.9. The Balaban J connectivity index is 2.81. The zero-order valence-corrected chi connectivity index (χ0v) is 9.53. The highest BCUT2D eigenvalue weighted by atomic mass is 16.2. The summed E-state index contributed by atoms with van der Waals surface area (Å²) < 4.78 is 0. The van der Waals surface area contributed by atoms with Gasteiger partial charge >= 0.3 is 0 Å². The van der Waals surface area contributed by atoms with E-state index in [0.29, 0.717) is 17.8 Å². The quantitative estimate of drug-likeness (QED) is 0.713. The van der Waals surface area contributed by atoms with E-state index in [0.717, 1.165) is 0 Å². The minimum absolute atomic E-state index is 0.0308. The lowest BCUT2D eigenvalue weighted by atomic mass is 10.2. The lowest BCUT2D eigenvalue weighted by Gasteiger charge is -2.20. The van der Waals surface area contributed by atoms with Gasteiger partial charge in [-0.05, 0) is 26.8 Å². The normalized spacial score (nSPS) is 18.1. The molecule has 1 heterocycles. The number of amides is 1. The molecule has 0 aromatic carbocycles. The van der Waals surface area contributed by atoms with Crippen molar-refractivity contribution in [1.29, 1.82) is 0 Å². The predicted molar refractivity (Wildman–Crippen MR) is 62.0 cm³/mol. The van der Waals surface area contributed by atoms with Crippen LogP contribution < -0.4 is 5.73 Å². The summed E-state index contributed by atoms with van der Waals surface area (Å²) in [4.78, 5) is 13.6. The molecule has 0 radical (unpaired) electrons. The lowest BCUT2D eigenvalue weighted by molar-refractivity contribution is -0.126. The second-order valence-corrected chi connectivity index (χ2v) is 3.85. The molecular formula is C12H18N2O. The molecule has 0 atom stereocenters. The minimum atomic E-state index is 0.0308. The summed E-state index contributed by atoms with van der Waals surface area (Å²) in [7, 11) is 0. The van der Waals surface area contributed by atoms with Crippen molar-refractivity contribution in [3.8, 4) is 0 Å². The molecule has 0 aliphatic carbocycles. The number of rotatable bonds is 3. The van der Waals surface area contributed by atoms with Gasteiger partial charge in [0.15, 0.2) is 0 Å². The molecule has 0 unspecified atom stereocenters. The van der Waals surface area contributed by atoms with E-state index in [1.54, 1.807) is 11.0 Å². The first kappa shape index (κ1) is 11.6. The van der Waals surface area contributed by atoms with E-state index in [9.17, 15) is 4.79 Å². The summed E-state index contributed by atoms with van der Waals surface area (Å²) in [5, 5.41) is 0. The predicted octanol–water partition coefficient (Wildman–Crippen LogP) is 1.58. The maximum Gasteiger partial charge on any atom is 0.256 e. The van der Waals surface area contributed by atoms with Gasteiger partial charge in [0.2, 0.25) is 0 Å². The van der Waals surface area contributed by atoms with Crippen LogP contribution in [0.4, 0.5) is 0 Å². The van der Waals surface area contributed by atoms with E-state index >= 15 is 0 Å². The average molecular weight is 206 g/mol. The minimum Gasteiger partial charge on any atom is -0.400 e. The molecular weight excluding hydrogens is 188 g/mol. The Kier molecular flexibility index (Phi) is 3.72. The van der Waals surface area contributed by atoms with Gasteiger partial charge in [0.1, 0.15) is 0 Å². The van der Waals surface area contributed by atoms with Gasteiger partial charge in [0, 0.05) is 11.7 Å². The van der Waals surface area contributed by atoms with Crippen molar-refractivity contribution in [3.63, 3.8) is 0 Å². The molecule has 0 aromatic heterocycles. The molecule has 0 aromatic rings. The molecule has 1 aliphatic heterocycles. The summed E-state index contributed by atoms with van der Waals surface area (Å²) in [6, 6.07) is 0.198. The Hall–Kier alpha value is -1.51. The van der Waals surface area contributed by atoms with Crippen molar-refractivity contribution < 1.29 is 4.79 Å². The van der Waals surface area contributed by atoms with Crippen LogP contribution >= 0.6 is 0 Å². The highest BCUT2D eigenvalue weighted by Crippen LogP contribution is 2.18. The van der Waals surface area contributed by atoms with E-state index in [4.69, 9.17) is 5.73 Å². The van der Waals surface area contributed by atoms with E-state index in [-0.39, 0.29) is 11.9 Å². The molecule has 0 bridgehead atoms. The molecule has 1 rings (SSSR count). The number of hydrogen-bond donors (Lipinski definition) is 1. The van der Waals surface area contributed by atoms with Crippen molar-refractivity contribution >= 4 is 5.91 Å². The Morgan fingerprint density at radius 2 is 2.07 bits per heavy atom. The van der Waals surface area contributed by atoms with E-state index < -0.39 is 0 Å². The Morgan fingerprint density at radius 3 is 2.53 bits per heavy atom. The van der Waals surface area contributed by atoms with Gasteiger partial charge in [0.25, 0.3) is 5.91 Å². The van der Waals surface area contributed by atoms with Gasteiger partial charge in [-0.25, -0.2) is 0 Å². The zero-order valence-electron chi connectivity index (χ0n) is 9.53. The fourth-order valence-electron chi connectivity index (χ4n) is 1.49. The van der Waals surface area contributed by atoms with Crippen LogP contribution in [0.15, 0.2) is 35.6 Å². The molecule has 0 spiro atoms. The summed E-state index contributed by atoms with van der Waals surface area (Å²) in [6.07, 6.45) is 7.41. The molecule has 82 valence electrons. The van der Waals surface area contributed by atoms with Gasteiger partial charge in [-0.3, -0.25) is 4.79 Å². The van der Waals surface area contributed by atoms with Gasteiger partial charge in [-0.1, -0.05) is 18.2 Å². The second kappa shape index (κ2) is 4.82. The van der Waals surface area contributed by atoms with Crippen LogP contribution in [-0.4, -0.2) is 23.4 Å². The SMILES string of the molecule is C/C=C\C=C/C1=C(N)CN(C(C)C)C1=O. The fourth-order valence-corrected chi connectivity index (χ4v) is 1.49. The maximum atomic E-state index is 11.9. The first-order valence-electron chi connectivity index (χ1n) is 5.17. The largest absolute Gasteiger partial charge is 0.400 e. The number of carbonyl (C=O) groups is 1. The Bertz CT molecular complexity index is 338. The highest BCUT2D eigenvalue weighted by molar-refractivity contribution is 5.99. The third kappa shape index (κ3) is 2.49. The molecule has 2 N–H and O–H groups in total. The molecule has 3 nitrogen and oxygen atoms in total. The summed E-state index contributed by atoms with van der Waals surface area (Å²) in [6.45, 7) is 6.46. The van der Waals surface area contributed by atoms with Crippen LogP contribution in [0.5, 0.6) is 0 Å². The summed E-state index contributed by atoms with van der Waals surface area (Å²) in [5.41, 5.74) is 7.11. The third-order valence-electron chi connectivity index (χ3n) is 2.37. The number of carbonyl (C=O) groups excluding carboxylic acids is 1. The van der Waals surface area contributed by atoms with Crippen molar-refractivity contribution in [2.45, 2.75) is 26.8 Å². The van der Waals surface area contributed by atoms with Crippen LogP contribution in [0.2, 0.25) is 0 Å². The summed E-state index contributed by atoms with van der Waals surface area (Å²) in [5.74, 6) is 0.0308. The molecule has 1 amide bonds. The first-order valence-corrected chi connectivity index (χ1v) is 5.17. The standard InChI is InChI=1S/C12H18N2O/c1-4-5-6-7-10-11(13)8-14(9(2)3)12(10)15/h4-7,9H,8,13H2,1-3H3/b5-4-,7-6-. The van der Waals surface area contributed by atoms with E-state index in [2.05, 4.69) is 0 Å². The molecule has 0 fully saturated rings. The monoisotopic (exact) mass is 206 g/mol. The van der Waals surface area contributed by atoms with Gasteiger partial charge in [-0.15, -0.1) is 0 Å². The average Bonchev–Trinajstić information content (AvgIpc) is 2.45. The Morgan fingerprint density at radius 1 is 1.40 bits per heavy atom. The van der Waals surface area contributed by atoms with Crippen LogP contribution in [0, 0.1) is 0 Å². The second-order valence-electron chi connectivity index (χ2n) is 3.85. The molecule has 15 heavy (non-hydrogen) atoms. The van der Waals surface area contributed by atoms with Crippen LogP contribution in [0.25, 0.3) is 0 Å². The van der Waals surface area contributed by atoms with Crippen LogP contribution in [-0.2, 0) is 4.79 Å². The van der Waals surface area contributed by atoms with Crippen molar-refractivity contribution in [2.24, 2.45) is 5.73 Å². The van der Waals surface area contributed by atoms with Crippen molar-refractivity contribution in [1.82, 2.24) is 4.90 Å². The topological polar surface area (TPSA) is 46.3 Å². The number of nitrogens with two attached hydrogens (primary N) is 1. The molecule has 1 aliphatic rings. The molecule has 0 saturated heterocycles. The van der Waals surface area contributed by atoms with Crippen molar-refractivity contribution in [3.05, 3.63) is 35.6 Å². The van der Waals surface area contributed by atoms with Crippen LogP contribution in [0.3, 0.4) is 0 Å². The number of nitrogens with zero attached hydrogens (tertiary/aromatic N) is 1. The van der Waals surface area contributed by atoms with Gasteiger partial charge in [0.05, 0.1) is 12.1 Å². The third-order valence-corrected chi connectivity index (χ3v) is 2.37. The van der Waals surface area contributed by atoms with Crippen LogP contribution in [0.1, 0.15) is 20.8 Å². The summed E-state index contributed by atoms with van der Waals surface area (Å²) >= 11 is 0. The highest BCUT2D eigenvalue weighted by Gasteiger charge is 2.28.